The molecule has 1 saturated heterocycles. The van der Waals surface area contributed by atoms with E-state index >= 15 is 0 Å². The third-order valence-corrected chi connectivity index (χ3v) is 2.98. The van der Waals surface area contributed by atoms with E-state index < -0.39 is 0 Å². The van der Waals surface area contributed by atoms with Gasteiger partial charge < -0.3 is 16.0 Å². The highest BCUT2D eigenvalue weighted by Gasteiger charge is 2.10. The number of pyridine rings is 1. The van der Waals surface area contributed by atoms with Crippen molar-refractivity contribution in [2.75, 3.05) is 37.2 Å². The predicted molar refractivity (Wildman–Crippen MR) is 67.6 cm³/mol. The Morgan fingerprint density at radius 2 is 2.12 bits per heavy atom. The lowest BCUT2D eigenvalue weighted by molar-refractivity contribution is 0.352. The third kappa shape index (κ3) is 2.85. The molecular weight excluding hydrogens is 200 g/mol. The second-order valence-corrected chi connectivity index (χ2v) is 4.37. The minimum atomic E-state index is 0.729. The third-order valence-electron chi connectivity index (χ3n) is 2.98. The van der Waals surface area contributed by atoms with Crippen LogP contribution in [0.3, 0.4) is 0 Å². The number of rotatable bonds is 4. The van der Waals surface area contributed by atoms with Gasteiger partial charge in [-0.2, -0.15) is 0 Å². The molecule has 1 aliphatic rings. The molecule has 1 aliphatic heterocycles. The van der Waals surface area contributed by atoms with Gasteiger partial charge in [0, 0.05) is 18.8 Å². The van der Waals surface area contributed by atoms with E-state index in [4.69, 9.17) is 5.73 Å². The molecule has 0 aliphatic carbocycles. The van der Waals surface area contributed by atoms with E-state index in [9.17, 15) is 0 Å². The molecule has 1 aromatic heterocycles. The van der Waals surface area contributed by atoms with Gasteiger partial charge in [0.15, 0.2) is 0 Å². The van der Waals surface area contributed by atoms with Gasteiger partial charge in [0.1, 0.15) is 5.82 Å². The monoisotopic (exact) mass is 220 g/mol. The van der Waals surface area contributed by atoms with Crippen molar-refractivity contribution in [2.24, 2.45) is 0 Å². The van der Waals surface area contributed by atoms with E-state index in [1.165, 1.54) is 25.9 Å². The number of aryl methyl sites for hydroxylation is 1. The van der Waals surface area contributed by atoms with Gasteiger partial charge in [0.2, 0.25) is 0 Å². The highest BCUT2D eigenvalue weighted by Crippen LogP contribution is 2.15. The van der Waals surface area contributed by atoms with Gasteiger partial charge in [-0.3, -0.25) is 0 Å². The second kappa shape index (κ2) is 5.16. The number of anilines is 2. The predicted octanol–water partition coefficient (Wildman–Crippen LogP) is 1.48. The summed E-state index contributed by atoms with van der Waals surface area (Å²) in [4.78, 5) is 6.85. The molecule has 0 aromatic carbocycles. The number of aromatic nitrogens is 1. The van der Waals surface area contributed by atoms with Gasteiger partial charge in [-0.05, 0) is 45.0 Å². The molecule has 0 radical (unpaired) electrons. The zero-order valence-electron chi connectivity index (χ0n) is 9.87. The van der Waals surface area contributed by atoms with Crippen LogP contribution in [-0.4, -0.2) is 36.1 Å². The maximum Gasteiger partial charge on any atom is 0.149 e. The molecule has 2 rings (SSSR count). The Morgan fingerprint density at radius 3 is 2.88 bits per heavy atom. The number of nitrogens with one attached hydrogen (secondary N) is 1. The van der Waals surface area contributed by atoms with E-state index in [2.05, 4.69) is 15.2 Å². The highest BCUT2D eigenvalue weighted by atomic mass is 15.2. The van der Waals surface area contributed by atoms with E-state index in [1.54, 1.807) is 0 Å². The first-order chi connectivity index (χ1) is 7.75. The summed E-state index contributed by atoms with van der Waals surface area (Å²) >= 11 is 0. The van der Waals surface area contributed by atoms with Crippen LogP contribution in [0.1, 0.15) is 18.5 Å². The smallest absolute Gasteiger partial charge is 0.149 e. The van der Waals surface area contributed by atoms with Crippen LogP contribution >= 0.6 is 0 Å². The lowest BCUT2D eigenvalue weighted by Crippen LogP contribution is -2.26. The zero-order valence-corrected chi connectivity index (χ0v) is 9.87. The largest absolute Gasteiger partial charge is 0.396 e. The summed E-state index contributed by atoms with van der Waals surface area (Å²) in [6.07, 6.45) is 2.68. The molecule has 0 amide bonds. The first-order valence-corrected chi connectivity index (χ1v) is 5.95. The Kier molecular flexibility index (Phi) is 3.62. The maximum atomic E-state index is 5.85. The summed E-state index contributed by atoms with van der Waals surface area (Å²) in [5.74, 6) is 0.819. The summed E-state index contributed by atoms with van der Waals surface area (Å²) in [7, 11) is 0. The molecule has 3 N–H and O–H groups in total. The molecule has 4 nitrogen and oxygen atoms in total. The highest BCUT2D eigenvalue weighted by molar-refractivity contribution is 5.61. The Bertz CT molecular complexity index is 345. The molecule has 2 heterocycles. The molecule has 4 heteroatoms. The van der Waals surface area contributed by atoms with Crippen LogP contribution < -0.4 is 11.1 Å². The van der Waals surface area contributed by atoms with E-state index in [-0.39, 0.29) is 0 Å². The lowest BCUT2D eigenvalue weighted by atomic mass is 10.3. The van der Waals surface area contributed by atoms with Crippen LogP contribution in [0.2, 0.25) is 0 Å². The summed E-state index contributed by atoms with van der Waals surface area (Å²) in [5, 5.41) is 3.30. The molecule has 0 atom stereocenters. The van der Waals surface area contributed by atoms with E-state index in [0.29, 0.717) is 0 Å². The van der Waals surface area contributed by atoms with Crippen LogP contribution in [0.5, 0.6) is 0 Å². The molecule has 0 unspecified atom stereocenters. The normalized spacial score (nSPS) is 16.6. The van der Waals surface area contributed by atoms with E-state index in [1.807, 2.05) is 19.1 Å². The van der Waals surface area contributed by atoms with Crippen molar-refractivity contribution < 1.29 is 0 Å². The van der Waals surface area contributed by atoms with Crippen molar-refractivity contribution >= 4 is 11.5 Å². The first kappa shape index (κ1) is 11.2. The topological polar surface area (TPSA) is 54.2 Å². The van der Waals surface area contributed by atoms with Gasteiger partial charge in [-0.1, -0.05) is 0 Å². The van der Waals surface area contributed by atoms with Crippen molar-refractivity contribution in [1.82, 2.24) is 9.88 Å². The van der Waals surface area contributed by atoms with Crippen LogP contribution in [0, 0.1) is 6.92 Å². The van der Waals surface area contributed by atoms with Crippen molar-refractivity contribution in [2.45, 2.75) is 19.8 Å². The fourth-order valence-corrected chi connectivity index (χ4v) is 2.05. The minimum Gasteiger partial charge on any atom is -0.396 e. The number of hydrogen-bond donors (Lipinski definition) is 2. The molecular formula is C12H20N4. The van der Waals surface area contributed by atoms with Crippen molar-refractivity contribution in [3.05, 3.63) is 17.8 Å². The van der Waals surface area contributed by atoms with E-state index in [0.717, 1.165) is 30.3 Å². The molecule has 1 fully saturated rings. The van der Waals surface area contributed by atoms with Crippen molar-refractivity contribution in [1.29, 1.82) is 0 Å². The van der Waals surface area contributed by atoms with Crippen LogP contribution in [0.25, 0.3) is 0 Å². The molecule has 88 valence electrons. The Hall–Kier alpha value is -1.29. The van der Waals surface area contributed by atoms with Gasteiger partial charge in [-0.25, -0.2) is 4.98 Å². The van der Waals surface area contributed by atoms with Gasteiger partial charge in [-0.15, -0.1) is 0 Å². The molecule has 1 aromatic rings. The van der Waals surface area contributed by atoms with Crippen molar-refractivity contribution in [3.63, 3.8) is 0 Å². The number of nitrogens with zero attached hydrogens (tertiary/aromatic N) is 2. The number of nitrogens with two attached hydrogens (primary N) is 1. The second-order valence-electron chi connectivity index (χ2n) is 4.37. The van der Waals surface area contributed by atoms with Gasteiger partial charge in [0.25, 0.3) is 0 Å². The first-order valence-electron chi connectivity index (χ1n) is 5.95. The minimum absolute atomic E-state index is 0.729. The Balaban J connectivity index is 1.82. The summed E-state index contributed by atoms with van der Waals surface area (Å²) in [6, 6.07) is 3.83. The quantitative estimate of drug-likeness (QED) is 0.807. The SMILES string of the molecule is Cc1ccc(N)c(NCCN2CCCC2)n1. The lowest BCUT2D eigenvalue weighted by Gasteiger charge is -2.15. The number of nitrogen functional groups attached to an aromatic ring is 1. The fraction of sp³-hybridized carbons (Fsp3) is 0.583. The van der Waals surface area contributed by atoms with Crippen LogP contribution in [-0.2, 0) is 0 Å². The molecule has 0 spiro atoms. The molecule has 0 bridgehead atoms. The van der Waals surface area contributed by atoms with Gasteiger partial charge >= 0.3 is 0 Å². The van der Waals surface area contributed by atoms with Crippen molar-refractivity contribution in [3.8, 4) is 0 Å². The summed E-state index contributed by atoms with van der Waals surface area (Å²) in [5.41, 5.74) is 7.57. The Morgan fingerprint density at radius 1 is 1.38 bits per heavy atom. The van der Waals surface area contributed by atoms with Crippen LogP contribution in [0.15, 0.2) is 12.1 Å². The molecule has 0 saturated carbocycles. The van der Waals surface area contributed by atoms with Crippen LogP contribution in [0.4, 0.5) is 11.5 Å². The average molecular weight is 220 g/mol. The standard InChI is InChI=1S/C12H20N4/c1-10-4-5-11(13)12(15-10)14-6-9-16-7-2-3-8-16/h4-5H,2-3,6-9,13H2,1H3,(H,14,15). The number of hydrogen-bond acceptors (Lipinski definition) is 4. The zero-order chi connectivity index (χ0) is 11.4. The summed E-state index contributed by atoms with van der Waals surface area (Å²) in [6.45, 7) is 6.44. The molecule has 16 heavy (non-hydrogen) atoms. The van der Waals surface area contributed by atoms with Gasteiger partial charge in [0.05, 0.1) is 5.69 Å². The maximum absolute atomic E-state index is 5.85. The fourth-order valence-electron chi connectivity index (χ4n) is 2.05. The Labute approximate surface area is 96.8 Å². The number of likely N-dealkylation sites (tertiary alicyclic amines) is 1. The average Bonchev–Trinajstić information content (AvgIpc) is 2.76. The summed E-state index contributed by atoms with van der Waals surface area (Å²) < 4.78 is 0.